The molecule has 0 radical (unpaired) electrons. The van der Waals surface area contributed by atoms with Crippen LogP contribution in [0.25, 0.3) is 5.57 Å². The van der Waals surface area contributed by atoms with Gasteiger partial charge in [0.25, 0.3) is 0 Å². The number of allylic oxidation sites excluding steroid dienone is 2. The number of ether oxygens (including phenoxy) is 1. The minimum atomic E-state index is 0.137. The van der Waals surface area contributed by atoms with Crippen LogP contribution in [0.4, 0.5) is 0 Å². The second-order valence-corrected chi connectivity index (χ2v) is 7.06. The van der Waals surface area contributed by atoms with Gasteiger partial charge in [0.1, 0.15) is 5.75 Å². The van der Waals surface area contributed by atoms with Crippen LogP contribution in [0.1, 0.15) is 44.2 Å². The molecular weight excluding hydrogens is 256 g/mol. The summed E-state index contributed by atoms with van der Waals surface area (Å²) in [4.78, 5) is 0. The van der Waals surface area contributed by atoms with Gasteiger partial charge in [-0.3, -0.25) is 0 Å². The molecule has 0 N–H and O–H groups in total. The molecule has 0 bridgehead atoms. The Hall–Kier alpha value is -0.950. The summed E-state index contributed by atoms with van der Waals surface area (Å²) in [5, 5.41) is 0.137. The molecule has 2 heteroatoms. The summed E-state index contributed by atoms with van der Waals surface area (Å²) in [5.74, 6) is 1.10. The lowest BCUT2D eigenvalue weighted by atomic mass is 9.75. The first-order chi connectivity index (χ1) is 9.05. The van der Waals surface area contributed by atoms with Crippen molar-refractivity contribution in [2.45, 2.75) is 44.9 Å². The third-order valence-corrected chi connectivity index (χ3v) is 4.36. The number of hydrogen-bond acceptors (Lipinski definition) is 1. The van der Waals surface area contributed by atoms with Crippen molar-refractivity contribution in [2.24, 2.45) is 5.41 Å². The SMILES string of the molecule is CC1(C)CC(c2cccc3c2OCCC3)=CC(Cl)C1. The first kappa shape index (κ1) is 13.1. The van der Waals surface area contributed by atoms with E-state index in [4.69, 9.17) is 16.3 Å². The molecule has 1 atom stereocenters. The van der Waals surface area contributed by atoms with Crippen LogP contribution in [-0.2, 0) is 6.42 Å². The van der Waals surface area contributed by atoms with E-state index in [0.717, 1.165) is 38.0 Å². The van der Waals surface area contributed by atoms with Gasteiger partial charge < -0.3 is 4.74 Å². The molecule has 1 aliphatic carbocycles. The summed E-state index contributed by atoms with van der Waals surface area (Å²) in [5.41, 5.74) is 4.23. The second-order valence-electron chi connectivity index (χ2n) is 6.50. The van der Waals surface area contributed by atoms with E-state index in [2.05, 4.69) is 38.1 Å². The zero-order valence-corrected chi connectivity index (χ0v) is 12.5. The average molecular weight is 277 g/mol. The molecule has 0 amide bonds. The molecule has 1 unspecified atom stereocenters. The topological polar surface area (TPSA) is 9.23 Å². The third kappa shape index (κ3) is 2.67. The maximum absolute atomic E-state index is 6.41. The number of para-hydroxylation sites is 1. The Bertz CT molecular complexity index is 516. The predicted octanol–water partition coefficient (Wildman–Crippen LogP) is 4.82. The summed E-state index contributed by atoms with van der Waals surface area (Å²) < 4.78 is 5.93. The maximum atomic E-state index is 6.41. The van der Waals surface area contributed by atoms with Crippen molar-refractivity contribution in [1.29, 1.82) is 0 Å². The van der Waals surface area contributed by atoms with Gasteiger partial charge in [0, 0.05) is 5.56 Å². The van der Waals surface area contributed by atoms with Gasteiger partial charge in [-0.1, -0.05) is 38.1 Å². The van der Waals surface area contributed by atoms with Crippen molar-refractivity contribution in [3.8, 4) is 5.75 Å². The quantitative estimate of drug-likeness (QED) is 0.668. The van der Waals surface area contributed by atoms with E-state index in [9.17, 15) is 0 Å². The van der Waals surface area contributed by atoms with Gasteiger partial charge in [-0.15, -0.1) is 11.6 Å². The molecule has 0 saturated carbocycles. The summed E-state index contributed by atoms with van der Waals surface area (Å²) in [7, 11) is 0. The molecule has 0 saturated heterocycles. The Morgan fingerprint density at radius 2 is 2.16 bits per heavy atom. The molecule has 2 aliphatic rings. The highest BCUT2D eigenvalue weighted by molar-refractivity contribution is 6.22. The zero-order chi connectivity index (χ0) is 13.5. The highest BCUT2D eigenvalue weighted by Gasteiger charge is 2.30. The lowest BCUT2D eigenvalue weighted by molar-refractivity contribution is 0.286. The number of benzene rings is 1. The average Bonchev–Trinajstić information content (AvgIpc) is 2.35. The number of hydrogen-bond donors (Lipinski definition) is 0. The van der Waals surface area contributed by atoms with Gasteiger partial charge in [0.05, 0.1) is 12.0 Å². The number of aryl methyl sites for hydroxylation is 1. The third-order valence-electron chi connectivity index (χ3n) is 4.08. The molecular formula is C17H21ClO. The predicted molar refractivity (Wildman–Crippen MR) is 80.9 cm³/mol. The fourth-order valence-electron chi connectivity index (χ4n) is 3.28. The van der Waals surface area contributed by atoms with Gasteiger partial charge in [0.15, 0.2) is 0 Å². The van der Waals surface area contributed by atoms with Gasteiger partial charge >= 0.3 is 0 Å². The van der Waals surface area contributed by atoms with E-state index in [1.165, 1.54) is 16.7 Å². The van der Waals surface area contributed by atoms with Crippen molar-refractivity contribution in [3.05, 3.63) is 35.4 Å². The van der Waals surface area contributed by atoms with Crippen LogP contribution in [0.3, 0.4) is 0 Å². The van der Waals surface area contributed by atoms with Crippen LogP contribution < -0.4 is 4.74 Å². The summed E-state index contributed by atoms with van der Waals surface area (Å²) >= 11 is 6.41. The number of halogens is 1. The van der Waals surface area contributed by atoms with Crippen molar-refractivity contribution < 1.29 is 4.74 Å². The van der Waals surface area contributed by atoms with Gasteiger partial charge in [-0.05, 0) is 42.2 Å². The van der Waals surface area contributed by atoms with Crippen molar-refractivity contribution in [3.63, 3.8) is 0 Å². The first-order valence-corrected chi connectivity index (χ1v) is 7.59. The van der Waals surface area contributed by atoms with Crippen LogP contribution in [0, 0.1) is 5.41 Å². The number of fused-ring (bicyclic) bond motifs is 1. The molecule has 0 fully saturated rings. The Kier molecular flexibility index (Phi) is 3.34. The minimum Gasteiger partial charge on any atom is -0.493 e. The molecule has 0 aromatic heterocycles. The van der Waals surface area contributed by atoms with Gasteiger partial charge in [-0.25, -0.2) is 0 Å². The first-order valence-electron chi connectivity index (χ1n) is 7.15. The molecule has 1 heterocycles. The van der Waals surface area contributed by atoms with Crippen molar-refractivity contribution in [1.82, 2.24) is 0 Å². The number of rotatable bonds is 1. The van der Waals surface area contributed by atoms with E-state index >= 15 is 0 Å². The monoisotopic (exact) mass is 276 g/mol. The Labute approximate surface area is 120 Å². The molecule has 1 aliphatic heterocycles. The fourth-order valence-corrected chi connectivity index (χ4v) is 3.85. The van der Waals surface area contributed by atoms with E-state index in [0.29, 0.717) is 0 Å². The van der Waals surface area contributed by atoms with Gasteiger partial charge in [0.2, 0.25) is 0 Å². The largest absolute Gasteiger partial charge is 0.493 e. The molecule has 19 heavy (non-hydrogen) atoms. The van der Waals surface area contributed by atoms with E-state index in [-0.39, 0.29) is 10.8 Å². The zero-order valence-electron chi connectivity index (χ0n) is 11.7. The Morgan fingerprint density at radius 1 is 1.32 bits per heavy atom. The van der Waals surface area contributed by atoms with Gasteiger partial charge in [-0.2, -0.15) is 0 Å². The molecule has 3 rings (SSSR count). The lowest BCUT2D eigenvalue weighted by Gasteiger charge is -2.33. The highest BCUT2D eigenvalue weighted by Crippen LogP contribution is 2.44. The smallest absolute Gasteiger partial charge is 0.129 e. The van der Waals surface area contributed by atoms with E-state index in [1.807, 2.05) is 0 Å². The minimum absolute atomic E-state index is 0.137. The van der Waals surface area contributed by atoms with Crippen LogP contribution >= 0.6 is 11.6 Å². The molecule has 1 nitrogen and oxygen atoms in total. The summed E-state index contributed by atoms with van der Waals surface area (Å²) in [6.45, 7) is 5.43. The Balaban J connectivity index is 2.03. The standard InChI is InChI=1S/C17H21ClO/c1-17(2)10-13(9-14(18)11-17)15-7-3-5-12-6-4-8-19-16(12)15/h3,5,7,9,14H,4,6,8,10-11H2,1-2H3. The van der Waals surface area contributed by atoms with E-state index < -0.39 is 0 Å². The molecule has 0 spiro atoms. The van der Waals surface area contributed by atoms with Crippen molar-refractivity contribution >= 4 is 17.2 Å². The molecule has 1 aromatic rings. The van der Waals surface area contributed by atoms with Crippen molar-refractivity contribution in [2.75, 3.05) is 6.61 Å². The van der Waals surface area contributed by atoms with Crippen LogP contribution in [0.2, 0.25) is 0 Å². The normalized spacial score (nSPS) is 25.2. The van der Waals surface area contributed by atoms with Crippen LogP contribution in [0.5, 0.6) is 5.75 Å². The summed E-state index contributed by atoms with van der Waals surface area (Å²) in [6, 6.07) is 6.51. The maximum Gasteiger partial charge on any atom is 0.129 e. The lowest BCUT2D eigenvalue weighted by Crippen LogP contribution is -2.22. The van der Waals surface area contributed by atoms with E-state index in [1.54, 1.807) is 0 Å². The fraction of sp³-hybridized carbons (Fsp3) is 0.529. The second kappa shape index (κ2) is 4.86. The summed E-state index contributed by atoms with van der Waals surface area (Å²) in [6.07, 6.45) is 6.60. The molecule has 1 aromatic carbocycles. The number of alkyl halides is 1. The molecule has 102 valence electrons. The highest BCUT2D eigenvalue weighted by atomic mass is 35.5. The van der Waals surface area contributed by atoms with Crippen LogP contribution in [-0.4, -0.2) is 12.0 Å². The van der Waals surface area contributed by atoms with Crippen LogP contribution in [0.15, 0.2) is 24.3 Å². The Morgan fingerprint density at radius 3 is 2.95 bits per heavy atom.